The quantitative estimate of drug-likeness (QED) is 0.893. The van der Waals surface area contributed by atoms with Crippen LogP contribution in [0.5, 0.6) is 0 Å². The number of aliphatic carboxylic acids is 1. The zero-order valence-corrected chi connectivity index (χ0v) is 10.3. The number of hydrogen-bond acceptors (Lipinski definition) is 2. The summed E-state index contributed by atoms with van der Waals surface area (Å²) in [5, 5.41) is 11.2. The van der Waals surface area contributed by atoms with Crippen LogP contribution in [-0.2, 0) is 9.59 Å². The number of carboxylic acid groups (broad SMARTS) is 1. The van der Waals surface area contributed by atoms with E-state index in [2.05, 4.69) is 21.2 Å². The van der Waals surface area contributed by atoms with Crippen molar-refractivity contribution in [1.82, 2.24) is 0 Å². The summed E-state index contributed by atoms with van der Waals surface area (Å²) in [7, 11) is 0. The van der Waals surface area contributed by atoms with Crippen LogP contribution in [0, 0.1) is 5.92 Å². The van der Waals surface area contributed by atoms with E-state index in [4.69, 9.17) is 5.11 Å². The van der Waals surface area contributed by atoms with Gasteiger partial charge in [0.2, 0.25) is 5.91 Å². The summed E-state index contributed by atoms with van der Waals surface area (Å²) in [5.41, 5.74) is 0.643. The van der Waals surface area contributed by atoms with Crippen molar-refractivity contribution in [1.29, 1.82) is 0 Å². The molecule has 0 spiro atoms. The Morgan fingerprint density at radius 3 is 2.62 bits per heavy atom. The standard InChI is InChI=1S/C11H12BrNO3/c1-7(6-10(14)15)11(16)13-9-5-3-2-4-8(9)12/h2-5,7H,6H2,1H3,(H,13,16)(H,14,15). The smallest absolute Gasteiger partial charge is 0.304 e. The Morgan fingerprint density at radius 2 is 2.06 bits per heavy atom. The molecule has 0 aromatic heterocycles. The van der Waals surface area contributed by atoms with Crippen LogP contribution >= 0.6 is 15.9 Å². The SMILES string of the molecule is CC(CC(=O)O)C(=O)Nc1ccccc1Br. The minimum atomic E-state index is -0.977. The minimum absolute atomic E-state index is 0.170. The van der Waals surface area contributed by atoms with Crippen LogP contribution in [0.25, 0.3) is 0 Å². The molecule has 0 fully saturated rings. The zero-order chi connectivity index (χ0) is 12.1. The maximum absolute atomic E-state index is 11.6. The number of rotatable bonds is 4. The number of carbonyl (C=O) groups excluding carboxylic acids is 1. The average molecular weight is 286 g/mol. The molecular formula is C11H12BrNO3. The molecular weight excluding hydrogens is 274 g/mol. The van der Waals surface area contributed by atoms with Gasteiger partial charge in [0.25, 0.3) is 0 Å². The van der Waals surface area contributed by atoms with Gasteiger partial charge < -0.3 is 10.4 Å². The van der Waals surface area contributed by atoms with Crippen molar-refractivity contribution in [3.05, 3.63) is 28.7 Å². The van der Waals surface area contributed by atoms with E-state index in [0.717, 1.165) is 4.47 Å². The monoisotopic (exact) mass is 285 g/mol. The third kappa shape index (κ3) is 3.66. The molecule has 1 amide bonds. The summed E-state index contributed by atoms with van der Waals surface area (Å²) in [5.74, 6) is -1.83. The highest BCUT2D eigenvalue weighted by Gasteiger charge is 2.16. The van der Waals surface area contributed by atoms with Gasteiger partial charge in [-0.2, -0.15) is 0 Å². The third-order valence-corrected chi connectivity index (χ3v) is 2.75. The summed E-state index contributed by atoms with van der Waals surface area (Å²) in [4.78, 5) is 22.0. The van der Waals surface area contributed by atoms with E-state index in [-0.39, 0.29) is 12.3 Å². The number of benzene rings is 1. The predicted molar refractivity (Wildman–Crippen MR) is 64.2 cm³/mol. The van der Waals surface area contributed by atoms with Crippen molar-refractivity contribution >= 4 is 33.5 Å². The van der Waals surface area contributed by atoms with Gasteiger partial charge in [0.15, 0.2) is 0 Å². The highest BCUT2D eigenvalue weighted by atomic mass is 79.9. The molecule has 1 rings (SSSR count). The van der Waals surface area contributed by atoms with Gasteiger partial charge in [0.1, 0.15) is 0 Å². The second-order valence-electron chi connectivity index (χ2n) is 3.47. The molecule has 86 valence electrons. The van der Waals surface area contributed by atoms with Crippen LogP contribution in [0.3, 0.4) is 0 Å². The Labute approximate surface area is 102 Å². The van der Waals surface area contributed by atoms with Crippen LogP contribution in [0.15, 0.2) is 28.7 Å². The molecule has 0 aliphatic rings. The van der Waals surface area contributed by atoms with E-state index in [1.165, 1.54) is 0 Å². The fourth-order valence-corrected chi connectivity index (χ4v) is 1.56. The highest BCUT2D eigenvalue weighted by molar-refractivity contribution is 9.10. The van der Waals surface area contributed by atoms with Crippen LogP contribution in [0.2, 0.25) is 0 Å². The lowest BCUT2D eigenvalue weighted by molar-refractivity contribution is -0.139. The lowest BCUT2D eigenvalue weighted by Crippen LogP contribution is -2.22. The first-order valence-corrected chi connectivity index (χ1v) is 5.57. The number of hydrogen-bond donors (Lipinski definition) is 2. The van der Waals surface area contributed by atoms with E-state index < -0.39 is 11.9 Å². The lowest BCUT2D eigenvalue weighted by atomic mass is 10.1. The largest absolute Gasteiger partial charge is 0.481 e. The highest BCUT2D eigenvalue weighted by Crippen LogP contribution is 2.22. The van der Waals surface area contributed by atoms with Gasteiger partial charge in [0, 0.05) is 10.4 Å². The molecule has 2 N–H and O–H groups in total. The second kappa shape index (κ2) is 5.65. The Morgan fingerprint density at radius 1 is 1.44 bits per heavy atom. The molecule has 0 bridgehead atoms. The fraction of sp³-hybridized carbons (Fsp3) is 0.273. The Balaban J connectivity index is 2.64. The molecule has 16 heavy (non-hydrogen) atoms. The minimum Gasteiger partial charge on any atom is -0.481 e. The van der Waals surface area contributed by atoms with Crippen molar-refractivity contribution in [2.75, 3.05) is 5.32 Å². The molecule has 0 aliphatic carbocycles. The number of amides is 1. The Kier molecular flexibility index (Phi) is 4.49. The molecule has 1 aromatic carbocycles. The first-order chi connectivity index (χ1) is 7.50. The van der Waals surface area contributed by atoms with Crippen LogP contribution in [-0.4, -0.2) is 17.0 Å². The molecule has 1 atom stereocenters. The van der Waals surface area contributed by atoms with Gasteiger partial charge in [-0.25, -0.2) is 0 Å². The summed E-state index contributed by atoms with van der Waals surface area (Å²) >= 11 is 3.29. The first kappa shape index (κ1) is 12.7. The van der Waals surface area contributed by atoms with Crippen molar-refractivity contribution in [3.8, 4) is 0 Å². The van der Waals surface area contributed by atoms with E-state index in [0.29, 0.717) is 5.69 Å². The van der Waals surface area contributed by atoms with Crippen molar-refractivity contribution in [2.45, 2.75) is 13.3 Å². The van der Waals surface area contributed by atoms with E-state index in [1.807, 2.05) is 6.07 Å². The molecule has 5 heteroatoms. The molecule has 0 saturated carbocycles. The maximum Gasteiger partial charge on any atom is 0.304 e. The van der Waals surface area contributed by atoms with Gasteiger partial charge in [-0.15, -0.1) is 0 Å². The van der Waals surface area contributed by atoms with Crippen LogP contribution in [0.4, 0.5) is 5.69 Å². The Bertz CT molecular complexity index is 406. The average Bonchev–Trinajstić information content (AvgIpc) is 2.20. The fourth-order valence-electron chi connectivity index (χ4n) is 1.17. The third-order valence-electron chi connectivity index (χ3n) is 2.06. The molecule has 1 unspecified atom stereocenters. The zero-order valence-electron chi connectivity index (χ0n) is 8.74. The molecule has 0 aliphatic heterocycles. The molecule has 1 aromatic rings. The normalized spacial score (nSPS) is 11.9. The molecule has 0 heterocycles. The number of nitrogens with one attached hydrogen (secondary N) is 1. The second-order valence-corrected chi connectivity index (χ2v) is 4.32. The van der Waals surface area contributed by atoms with Gasteiger partial charge in [-0.3, -0.25) is 9.59 Å². The Hall–Kier alpha value is -1.36. The number of anilines is 1. The van der Waals surface area contributed by atoms with Crippen LogP contribution < -0.4 is 5.32 Å². The predicted octanol–water partition coefficient (Wildman–Crippen LogP) is 2.50. The van der Waals surface area contributed by atoms with E-state index in [1.54, 1.807) is 25.1 Å². The van der Waals surface area contributed by atoms with Gasteiger partial charge in [0.05, 0.1) is 12.1 Å². The van der Waals surface area contributed by atoms with Crippen molar-refractivity contribution in [3.63, 3.8) is 0 Å². The van der Waals surface area contributed by atoms with E-state index >= 15 is 0 Å². The van der Waals surface area contributed by atoms with Gasteiger partial charge in [-0.05, 0) is 28.1 Å². The molecule has 0 radical (unpaired) electrons. The van der Waals surface area contributed by atoms with E-state index in [9.17, 15) is 9.59 Å². The summed E-state index contributed by atoms with van der Waals surface area (Å²) in [6, 6.07) is 7.18. The van der Waals surface area contributed by atoms with Crippen molar-refractivity contribution in [2.24, 2.45) is 5.92 Å². The number of para-hydroxylation sites is 1. The number of carbonyl (C=O) groups is 2. The maximum atomic E-state index is 11.6. The summed E-state index contributed by atoms with van der Waals surface area (Å²) < 4.78 is 0.769. The van der Waals surface area contributed by atoms with Gasteiger partial charge in [-0.1, -0.05) is 19.1 Å². The topological polar surface area (TPSA) is 66.4 Å². The number of halogens is 1. The molecule has 0 saturated heterocycles. The molecule has 4 nitrogen and oxygen atoms in total. The lowest BCUT2D eigenvalue weighted by Gasteiger charge is -2.11. The van der Waals surface area contributed by atoms with Crippen molar-refractivity contribution < 1.29 is 14.7 Å². The van der Waals surface area contributed by atoms with Crippen LogP contribution in [0.1, 0.15) is 13.3 Å². The summed E-state index contributed by atoms with van der Waals surface area (Å²) in [6.45, 7) is 1.58. The van der Waals surface area contributed by atoms with Gasteiger partial charge >= 0.3 is 5.97 Å². The first-order valence-electron chi connectivity index (χ1n) is 4.78. The summed E-state index contributed by atoms with van der Waals surface area (Å²) in [6.07, 6.45) is -0.170. The number of carboxylic acids is 1.